The third kappa shape index (κ3) is 4.66. The van der Waals surface area contributed by atoms with Crippen molar-refractivity contribution in [3.05, 3.63) is 63.8 Å². The predicted molar refractivity (Wildman–Crippen MR) is 139 cm³/mol. The minimum atomic E-state index is -0.536. The Morgan fingerprint density at radius 2 is 1.74 bits per heavy atom. The summed E-state index contributed by atoms with van der Waals surface area (Å²) in [6.07, 6.45) is -0.425. The summed E-state index contributed by atoms with van der Waals surface area (Å²) >= 11 is 1.43. The first-order valence-corrected chi connectivity index (χ1v) is 12.1. The number of hydrogen-bond acceptors (Lipinski definition) is 5. The number of benzene rings is 2. The van der Waals surface area contributed by atoms with Crippen LogP contribution in [-0.4, -0.2) is 30.3 Å². The molecule has 7 heteroatoms. The van der Waals surface area contributed by atoms with Crippen LogP contribution in [0.2, 0.25) is 0 Å². The molecule has 0 spiro atoms. The standard InChI is InChI=1S/C27H30N2O4S/c1-26(2,3)33-25(31)28-15-27(4,5)17-9-7-16(8-10-17)21-20(32-6)12-11-19-22(21)18-13-14-34-23(18)24(30)29-19/h7-14H,15H2,1-6H3,(H,28,31)(H,29,30). The van der Waals surface area contributed by atoms with Crippen LogP contribution in [0, 0.1) is 0 Å². The van der Waals surface area contributed by atoms with Gasteiger partial charge in [0.05, 0.1) is 7.11 Å². The third-order valence-corrected chi connectivity index (χ3v) is 6.72. The Bertz CT molecular complexity index is 1410. The van der Waals surface area contributed by atoms with Gasteiger partial charge in [-0.1, -0.05) is 38.1 Å². The molecule has 0 bridgehead atoms. The number of thiophene rings is 1. The zero-order chi connectivity index (χ0) is 24.7. The van der Waals surface area contributed by atoms with Gasteiger partial charge in [0.1, 0.15) is 16.1 Å². The average molecular weight is 479 g/mol. The van der Waals surface area contributed by atoms with Gasteiger partial charge in [-0.3, -0.25) is 4.79 Å². The van der Waals surface area contributed by atoms with Crippen molar-refractivity contribution in [3.8, 4) is 16.9 Å². The first kappa shape index (κ1) is 23.8. The van der Waals surface area contributed by atoms with Crippen molar-refractivity contribution >= 4 is 38.4 Å². The Hall–Kier alpha value is -3.32. The number of alkyl carbamates (subject to hydrolysis) is 1. The molecule has 2 heterocycles. The Kier molecular flexibility index (Phi) is 6.16. The Balaban J connectivity index is 1.70. The third-order valence-electron chi connectivity index (χ3n) is 5.80. The van der Waals surface area contributed by atoms with E-state index < -0.39 is 11.7 Å². The number of aromatic nitrogens is 1. The van der Waals surface area contributed by atoms with Crippen LogP contribution in [0.15, 0.2) is 52.6 Å². The van der Waals surface area contributed by atoms with Gasteiger partial charge >= 0.3 is 6.09 Å². The molecule has 4 rings (SSSR count). The number of aromatic amines is 1. The molecular weight excluding hydrogens is 448 g/mol. The smallest absolute Gasteiger partial charge is 0.407 e. The second kappa shape index (κ2) is 8.80. The van der Waals surface area contributed by atoms with Crippen molar-refractivity contribution in [1.82, 2.24) is 10.3 Å². The summed E-state index contributed by atoms with van der Waals surface area (Å²) in [6.45, 7) is 10.1. The SMILES string of the molecule is COc1ccc2[nH]c(=O)c3sccc3c2c1-c1ccc(C(C)(C)CNC(=O)OC(C)(C)C)cc1. The monoisotopic (exact) mass is 478 g/mol. The number of carbonyl (C=O) groups excluding carboxylic acids is 1. The maximum Gasteiger partial charge on any atom is 0.407 e. The predicted octanol–water partition coefficient (Wildman–Crippen LogP) is 6.22. The van der Waals surface area contributed by atoms with Gasteiger partial charge in [-0.05, 0) is 55.5 Å². The molecule has 2 aromatic heterocycles. The molecule has 0 aliphatic heterocycles. The van der Waals surface area contributed by atoms with Crippen LogP contribution in [0.3, 0.4) is 0 Å². The largest absolute Gasteiger partial charge is 0.496 e. The van der Waals surface area contributed by atoms with Crippen LogP contribution in [-0.2, 0) is 10.2 Å². The summed E-state index contributed by atoms with van der Waals surface area (Å²) in [6, 6.07) is 14.0. The molecule has 2 aromatic carbocycles. The van der Waals surface area contributed by atoms with Crippen molar-refractivity contribution in [2.45, 2.75) is 45.6 Å². The lowest BCUT2D eigenvalue weighted by molar-refractivity contribution is 0.0517. The molecule has 6 nitrogen and oxygen atoms in total. The van der Waals surface area contributed by atoms with Gasteiger partial charge in [0.25, 0.3) is 5.56 Å². The van der Waals surface area contributed by atoms with E-state index in [1.165, 1.54) is 11.3 Å². The number of hydrogen-bond donors (Lipinski definition) is 2. The van der Waals surface area contributed by atoms with Gasteiger partial charge < -0.3 is 19.8 Å². The van der Waals surface area contributed by atoms with E-state index in [-0.39, 0.29) is 11.0 Å². The van der Waals surface area contributed by atoms with Crippen molar-refractivity contribution in [1.29, 1.82) is 0 Å². The van der Waals surface area contributed by atoms with Crippen LogP contribution in [0.5, 0.6) is 5.75 Å². The highest BCUT2D eigenvalue weighted by Gasteiger charge is 2.24. The molecule has 0 unspecified atom stereocenters. The first-order valence-electron chi connectivity index (χ1n) is 11.2. The molecule has 0 saturated heterocycles. The minimum absolute atomic E-state index is 0.0804. The Labute approximate surface area is 202 Å². The number of rotatable bonds is 5. The fourth-order valence-electron chi connectivity index (χ4n) is 4.08. The van der Waals surface area contributed by atoms with Gasteiger partial charge in [0.15, 0.2) is 0 Å². The molecule has 1 amide bonds. The number of nitrogens with one attached hydrogen (secondary N) is 2. The highest BCUT2D eigenvalue weighted by Crippen LogP contribution is 2.40. The van der Waals surface area contributed by atoms with Crippen molar-refractivity contribution in [3.63, 3.8) is 0 Å². The van der Waals surface area contributed by atoms with E-state index in [1.807, 2.05) is 44.4 Å². The number of amides is 1. The topological polar surface area (TPSA) is 80.4 Å². The number of fused-ring (bicyclic) bond motifs is 3. The number of ether oxygens (including phenoxy) is 2. The molecule has 4 aromatic rings. The summed E-state index contributed by atoms with van der Waals surface area (Å²) in [5.74, 6) is 0.741. The molecule has 0 fully saturated rings. The molecule has 2 N–H and O–H groups in total. The van der Waals surface area contributed by atoms with Crippen molar-refractivity contribution in [2.24, 2.45) is 0 Å². The van der Waals surface area contributed by atoms with E-state index in [1.54, 1.807) is 7.11 Å². The summed E-state index contributed by atoms with van der Waals surface area (Å²) in [4.78, 5) is 27.6. The summed E-state index contributed by atoms with van der Waals surface area (Å²) in [5, 5.41) is 6.70. The summed E-state index contributed by atoms with van der Waals surface area (Å²) in [5.41, 5.74) is 2.87. The molecule has 0 atom stereocenters. The number of pyridine rings is 1. The minimum Gasteiger partial charge on any atom is -0.496 e. The lowest BCUT2D eigenvalue weighted by Gasteiger charge is -2.27. The normalized spacial score (nSPS) is 12.2. The number of H-pyrrole nitrogens is 1. The van der Waals surface area contributed by atoms with Crippen LogP contribution in [0.1, 0.15) is 40.2 Å². The lowest BCUT2D eigenvalue weighted by atomic mass is 9.83. The summed E-state index contributed by atoms with van der Waals surface area (Å²) < 4.78 is 11.8. The molecule has 178 valence electrons. The van der Waals surface area contributed by atoms with E-state index in [2.05, 4.69) is 48.4 Å². The Morgan fingerprint density at radius 3 is 2.38 bits per heavy atom. The van der Waals surface area contributed by atoms with Crippen LogP contribution >= 0.6 is 11.3 Å². The zero-order valence-electron chi connectivity index (χ0n) is 20.4. The number of carbonyl (C=O) groups is 1. The lowest BCUT2D eigenvalue weighted by Crippen LogP contribution is -2.39. The average Bonchev–Trinajstić information content (AvgIpc) is 3.27. The van der Waals surface area contributed by atoms with Crippen molar-refractivity contribution in [2.75, 3.05) is 13.7 Å². The van der Waals surface area contributed by atoms with Gasteiger partial charge in [-0.2, -0.15) is 0 Å². The second-order valence-electron chi connectivity index (χ2n) is 10.00. The first-order chi connectivity index (χ1) is 16.0. The molecule has 0 radical (unpaired) electrons. The maximum absolute atomic E-state index is 12.5. The maximum atomic E-state index is 12.5. The molecule has 0 aliphatic rings. The van der Waals surface area contributed by atoms with Crippen LogP contribution in [0.4, 0.5) is 4.79 Å². The molecule has 0 saturated carbocycles. The number of methoxy groups -OCH3 is 1. The Morgan fingerprint density at radius 1 is 1.03 bits per heavy atom. The quantitative estimate of drug-likeness (QED) is 0.357. The van der Waals surface area contributed by atoms with Crippen molar-refractivity contribution < 1.29 is 14.3 Å². The molecule has 34 heavy (non-hydrogen) atoms. The second-order valence-corrected chi connectivity index (χ2v) is 10.9. The van der Waals surface area contributed by atoms with Crippen LogP contribution < -0.4 is 15.6 Å². The highest BCUT2D eigenvalue weighted by atomic mass is 32.1. The van der Waals surface area contributed by atoms with Gasteiger partial charge in [0.2, 0.25) is 0 Å². The van der Waals surface area contributed by atoms with E-state index >= 15 is 0 Å². The van der Waals surface area contributed by atoms with Gasteiger partial charge in [-0.15, -0.1) is 11.3 Å². The van der Waals surface area contributed by atoms with Crippen LogP contribution in [0.25, 0.3) is 32.1 Å². The molecule has 0 aliphatic carbocycles. The highest BCUT2D eigenvalue weighted by molar-refractivity contribution is 7.17. The van der Waals surface area contributed by atoms with E-state index in [0.29, 0.717) is 11.2 Å². The fraction of sp³-hybridized carbons (Fsp3) is 0.333. The van der Waals surface area contributed by atoms with E-state index in [0.717, 1.165) is 38.7 Å². The van der Waals surface area contributed by atoms with E-state index in [9.17, 15) is 9.59 Å². The van der Waals surface area contributed by atoms with E-state index in [4.69, 9.17) is 9.47 Å². The molecular formula is C27H30N2O4S. The summed E-state index contributed by atoms with van der Waals surface area (Å²) in [7, 11) is 1.65. The zero-order valence-corrected chi connectivity index (χ0v) is 21.2. The van der Waals surface area contributed by atoms with Gasteiger partial charge in [-0.25, -0.2) is 4.79 Å². The fourth-order valence-corrected chi connectivity index (χ4v) is 4.88. The van der Waals surface area contributed by atoms with Gasteiger partial charge in [0, 0.05) is 33.8 Å².